The predicted octanol–water partition coefficient (Wildman–Crippen LogP) is 0.658. The Morgan fingerprint density at radius 3 is 2.86 bits per heavy atom. The molecule has 2 N–H and O–H groups in total. The third-order valence-electron chi connectivity index (χ3n) is 3.85. The van der Waals surface area contributed by atoms with Crippen molar-refractivity contribution in [3.8, 4) is 17.6 Å². The lowest BCUT2D eigenvalue weighted by molar-refractivity contribution is 0.175. The molecule has 0 saturated heterocycles. The summed E-state index contributed by atoms with van der Waals surface area (Å²) in [6.07, 6.45) is -0.462. The largest absolute Gasteiger partial charge is 0.493 e. The molecule has 22 heavy (non-hydrogen) atoms. The van der Waals surface area contributed by atoms with Crippen LogP contribution >= 0.6 is 11.7 Å². The second-order valence-corrected chi connectivity index (χ2v) is 5.52. The third-order valence-corrected chi connectivity index (χ3v) is 4.38. The number of fused-ring (bicyclic) bond motifs is 2. The fourth-order valence-corrected chi connectivity index (χ4v) is 3.39. The van der Waals surface area contributed by atoms with Crippen LogP contribution in [0.4, 0.5) is 0 Å². The van der Waals surface area contributed by atoms with Crippen molar-refractivity contribution in [2.75, 3.05) is 0 Å². The number of benzene rings is 1. The van der Waals surface area contributed by atoms with Gasteiger partial charge >= 0.3 is 5.69 Å². The lowest BCUT2D eigenvalue weighted by Gasteiger charge is -2.06. The number of hydrogen-bond acceptors (Lipinski definition) is 7. The van der Waals surface area contributed by atoms with Crippen molar-refractivity contribution in [3.63, 3.8) is 0 Å². The van der Waals surface area contributed by atoms with E-state index in [-0.39, 0.29) is 11.6 Å². The molecule has 0 fully saturated rings. The molecule has 0 amide bonds. The molecule has 1 atom stereocenters. The number of nitrogens with zero attached hydrogens (tertiary/aromatic N) is 5. The van der Waals surface area contributed by atoms with Crippen LogP contribution in [0, 0.1) is 11.3 Å². The van der Waals surface area contributed by atoms with E-state index >= 15 is 0 Å². The third kappa shape index (κ3) is 1.50. The smallest absolute Gasteiger partial charge is 0.336 e. The Morgan fingerprint density at radius 1 is 1.36 bits per heavy atom. The fraction of sp³-hybridized carbons (Fsp3) is 0.231. The number of imidazole rings is 1. The monoisotopic (exact) mass is 315 g/mol. The van der Waals surface area contributed by atoms with Gasteiger partial charge in [-0.15, -0.1) is 0 Å². The highest BCUT2D eigenvalue weighted by atomic mass is 32.1. The summed E-state index contributed by atoms with van der Waals surface area (Å²) in [4.78, 5) is 12.5. The molecule has 1 aromatic carbocycles. The first-order valence-corrected chi connectivity index (χ1v) is 7.24. The van der Waals surface area contributed by atoms with Crippen LogP contribution in [-0.4, -0.2) is 28.1 Å². The molecule has 0 spiro atoms. The number of aromatic hydroxyl groups is 1. The van der Waals surface area contributed by atoms with Gasteiger partial charge in [0.2, 0.25) is 5.88 Å². The first kappa shape index (κ1) is 13.0. The topological polar surface area (TPSA) is 117 Å². The summed E-state index contributed by atoms with van der Waals surface area (Å²) in [7, 11) is 0. The van der Waals surface area contributed by atoms with Crippen molar-refractivity contribution in [2.45, 2.75) is 19.1 Å². The Labute approximate surface area is 127 Å². The number of aliphatic hydroxyl groups is 1. The van der Waals surface area contributed by atoms with E-state index in [2.05, 4.69) is 8.75 Å². The van der Waals surface area contributed by atoms with Gasteiger partial charge in [0, 0.05) is 6.54 Å². The van der Waals surface area contributed by atoms with E-state index in [0.717, 1.165) is 16.3 Å². The highest BCUT2D eigenvalue weighted by molar-refractivity contribution is 7.00. The molecule has 1 aliphatic heterocycles. The van der Waals surface area contributed by atoms with Crippen LogP contribution in [0.1, 0.15) is 23.8 Å². The van der Waals surface area contributed by atoms with E-state index in [0.29, 0.717) is 35.2 Å². The van der Waals surface area contributed by atoms with Gasteiger partial charge in [-0.05, 0) is 18.6 Å². The Hall–Kier alpha value is -2.70. The summed E-state index contributed by atoms with van der Waals surface area (Å²) >= 11 is 0.930. The fourth-order valence-electron chi connectivity index (χ4n) is 2.82. The summed E-state index contributed by atoms with van der Waals surface area (Å²) in [5.74, 6) is -0.297. The van der Waals surface area contributed by atoms with Crippen LogP contribution in [0.5, 0.6) is 5.88 Å². The van der Waals surface area contributed by atoms with Crippen molar-refractivity contribution < 1.29 is 10.2 Å². The maximum Gasteiger partial charge on any atom is 0.336 e. The Morgan fingerprint density at radius 2 is 2.14 bits per heavy atom. The van der Waals surface area contributed by atoms with Gasteiger partial charge < -0.3 is 10.2 Å². The summed E-state index contributed by atoms with van der Waals surface area (Å²) in [5.41, 5.74) is 1.24. The molecule has 9 heteroatoms. The van der Waals surface area contributed by atoms with Crippen LogP contribution in [0.25, 0.3) is 16.7 Å². The quantitative estimate of drug-likeness (QED) is 0.681. The first-order chi connectivity index (χ1) is 10.6. The first-order valence-electron chi connectivity index (χ1n) is 6.51. The summed E-state index contributed by atoms with van der Waals surface area (Å²) in [6, 6.07) is 5.10. The van der Waals surface area contributed by atoms with Crippen molar-refractivity contribution in [3.05, 3.63) is 33.9 Å². The second kappa shape index (κ2) is 4.40. The average molecular weight is 315 g/mol. The van der Waals surface area contributed by atoms with Crippen LogP contribution in [0.2, 0.25) is 0 Å². The Balaban J connectivity index is 2.07. The zero-order chi connectivity index (χ0) is 15.4. The molecule has 0 saturated carbocycles. The minimum atomic E-state index is -0.864. The molecular formula is C13H9N5O3S. The van der Waals surface area contributed by atoms with Crippen LogP contribution in [0.15, 0.2) is 16.9 Å². The van der Waals surface area contributed by atoms with Crippen molar-refractivity contribution in [1.82, 2.24) is 17.9 Å². The summed E-state index contributed by atoms with van der Waals surface area (Å²) in [6.45, 7) is 0.352. The number of aromatic nitrogens is 4. The molecule has 0 aliphatic carbocycles. The van der Waals surface area contributed by atoms with E-state index < -0.39 is 11.8 Å². The predicted molar refractivity (Wildman–Crippen MR) is 77.0 cm³/mol. The molecule has 3 aromatic rings. The highest BCUT2D eigenvalue weighted by Gasteiger charge is 2.31. The Bertz CT molecular complexity index is 1010. The molecule has 2 aromatic heterocycles. The molecule has 4 rings (SSSR count). The molecule has 8 nitrogen and oxygen atoms in total. The summed E-state index contributed by atoms with van der Waals surface area (Å²) < 4.78 is 10.6. The maximum atomic E-state index is 12.5. The van der Waals surface area contributed by atoms with E-state index in [1.165, 1.54) is 10.6 Å². The standard InChI is InChI=1S/C13H9N5O3S/c14-5-6-1-2-7(10-9(6)15-22-16-10)18-12(20)11-8(19)3-4-17(11)13(18)21/h1-2,8,19-20H,3-4H2/t8-/m1/s1. The lowest BCUT2D eigenvalue weighted by Crippen LogP contribution is -2.22. The van der Waals surface area contributed by atoms with Gasteiger partial charge in [0.1, 0.15) is 28.9 Å². The van der Waals surface area contributed by atoms with Crippen molar-refractivity contribution >= 4 is 22.8 Å². The number of rotatable bonds is 1. The number of hydrogen-bond donors (Lipinski definition) is 2. The van der Waals surface area contributed by atoms with E-state index in [1.54, 1.807) is 6.07 Å². The Kier molecular flexibility index (Phi) is 2.60. The minimum absolute atomic E-state index is 0.214. The maximum absolute atomic E-state index is 12.5. The van der Waals surface area contributed by atoms with Crippen molar-refractivity contribution in [1.29, 1.82) is 5.26 Å². The van der Waals surface area contributed by atoms with E-state index in [9.17, 15) is 15.0 Å². The van der Waals surface area contributed by atoms with E-state index in [1.807, 2.05) is 6.07 Å². The summed E-state index contributed by atoms with van der Waals surface area (Å²) in [5, 5.41) is 29.3. The zero-order valence-electron chi connectivity index (χ0n) is 11.1. The van der Waals surface area contributed by atoms with Gasteiger partial charge in [0.25, 0.3) is 0 Å². The molecular weight excluding hydrogens is 306 g/mol. The zero-order valence-corrected chi connectivity index (χ0v) is 11.9. The van der Waals surface area contributed by atoms with Gasteiger partial charge in [-0.3, -0.25) is 4.57 Å². The molecule has 3 heterocycles. The van der Waals surface area contributed by atoms with E-state index in [4.69, 9.17) is 5.26 Å². The van der Waals surface area contributed by atoms with Gasteiger partial charge in [0.15, 0.2) is 0 Å². The molecule has 1 aliphatic rings. The molecule has 0 unspecified atom stereocenters. The van der Waals surface area contributed by atoms with Crippen LogP contribution < -0.4 is 5.69 Å². The highest BCUT2D eigenvalue weighted by Crippen LogP contribution is 2.34. The van der Waals surface area contributed by atoms with Crippen LogP contribution in [0.3, 0.4) is 0 Å². The molecule has 0 radical (unpaired) electrons. The number of nitriles is 1. The SMILES string of the molecule is N#Cc1ccc(-n2c(O)c3n(c2=O)CC[C@H]3O)c2nsnc12. The lowest BCUT2D eigenvalue weighted by atomic mass is 10.1. The van der Waals surface area contributed by atoms with Crippen molar-refractivity contribution in [2.24, 2.45) is 0 Å². The molecule has 0 bridgehead atoms. The van der Waals surface area contributed by atoms with Gasteiger partial charge in [-0.25, -0.2) is 9.36 Å². The van der Waals surface area contributed by atoms with Gasteiger partial charge in [-0.1, -0.05) is 0 Å². The minimum Gasteiger partial charge on any atom is -0.493 e. The normalized spacial score (nSPS) is 16.8. The van der Waals surface area contributed by atoms with Crippen LogP contribution in [-0.2, 0) is 6.54 Å². The average Bonchev–Trinajstić information content (AvgIpc) is 3.18. The number of aliphatic hydroxyl groups excluding tert-OH is 1. The molecule has 110 valence electrons. The van der Waals surface area contributed by atoms with Gasteiger partial charge in [0.05, 0.1) is 23.0 Å². The second-order valence-electron chi connectivity index (χ2n) is 4.99. The van der Waals surface area contributed by atoms with Gasteiger partial charge in [-0.2, -0.15) is 14.0 Å².